The molecule has 3 rings (SSSR count). The number of carbonyl (C=O) groups excluding carboxylic acids is 1. The fourth-order valence-electron chi connectivity index (χ4n) is 3.02. The lowest BCUT2D eigenvalue weighted by molar-refractivity contribution is -0.118. The van der Waals surface area contributed by atoms with Crippen LogP contribution in [0.4, 0.5) is 10.1 Å². The third-order valence-corrected chi connectivity index (χ3v) is 4.28. The second-order valence-electron chi connectivity index (χ2n) is 5.55. The minimum atomic E-state index is -1.04. The molecule has 114 valence electrons. The highest BCUT2D eigenvalue weighted by molar-refractivity contribution is 6.04. The number of aliphatic hydroxyl groups is 1. The van der Waals surface area contributed by atoms with Crippen LogP contribution in [0.5, 0.6) is 0 Å². The van der Waals surface area contributed by atoms with E-state index in [1.54, 1.807) is 29.2 Å². The molecule has 2 unspecified atom stereocenters. The topological polar surface area (TPSA) is 40.5 Å². The van der Waals surface area contributed by atoms with Gasteiger partial charge in [-0.3, -0.25) is 4.79 Å². The summed E-state index contributed by atoms with van der Waals surface area (Å²) in [6.45, 7) is 4.41. The Morgan fingerprint density at radius 1 is 1.27 bits per heavy atom. The van der Waals surface area contributed by atoms with Gasteiger partial charge in [0.2, 0.25) is 5.91 Å². The molecule has 22 heavy (non-hydrogen) atoms. The highest BCUT2D eigenvalue weighted by Gasteiger charge is 2.33. The van der Waals surface area contributed by atoms with Crippen LogP contribution in [-0.2, 0) is 4.79 Å². The number of nitrogens with zero attached hydrogens (tertiary/aromatic N) is 1. The van der Waals surface area contributed by atoms with Crippen LogP contribution >= 0.6 is 0 Å². The maximum absolute atomic E-state index is 13.8. The van der Waals surface area contributed by atoms with Gasteiger partial charge in [0, 0.05) is 17.8 Å². The van der Waals surface area contributed by atoms with Gasteiger partial charge in [-0.25, -0.2) is 4.39 Å². The van der Waals surface area contributed by atoms with E-state index in [-0.39, 0.29) is 17.4 Å². The van der Waals surface area contributed by atoms with Gasteiger partial charge in [-0.15, -0.1) is 0 Å². The Labute approximate surface area is 129 Å². The molecule has 1 aliphatic heterocycles. The zero-order chi connectivity index (χ0) is 15.9. The Morgan fingerprint density at radius 2 is 2.00 bits per heavy atom. The number of carbonyl (C=O) groups is 1. The summed E-state index contributed by atoms with van der Waals surface area (Å²) in [6.07, 6.45) is -1.04. The summed E-state index contributed by atoms with van der Waals surface area (Å²) in [4.78, 5) is 13.9. The molecule has 0 saturated carbocycles. The van der Waals surface area contributed by atoms with Crippen molar-refractivity contribution in [2.24, 2.45) is 0 Å². The summed E-state index contributed by atoms with van der Waals surface area (Å²) in [5, 5.41) is 10.4. The van der Waals surface area contributed by atoms with Crippen molar-refractivity contribution in [3.8, 4) is 0 Å². The van der Waals surface area contributed by atoms with Gasteiger partial charge in [0.15, 0.2) is 0 Å². The second-order valence-corrected chi connectivity index (χ2v) is 5.55. The van der Waals surface area contributed by atoms with E-state index in [2.05, 4.69) is 0 Å². The van der Waals surface area contributed by atoms with E-state index < -0.39 is 11.9 Å². The normalized spacial score (nSPS) is 18.5. The number of halogens is 1. The lowest BCUT2D eigenvalue weighted by Gasteiger charge is -2.16. The van der Waals surface area contributed by atoms with Gasteiger partial charge in [0.1, 0.15) is 11.9 Å². The first kappa shape index (κ1) is 14.7. The first-order valence-corrected chi connectivity index (χ1v) is 7.42. The molecule has 0 aliphatic carbocycles. The predicted octanol–water partition coefficient (Wildman–Crippen LogP) is 3.38. The minimum Gasteiger partial charge on any atom is -0.384 e. The van der Waals surface area contributed by atoms with Crippen molar-refractivity contribution in [1.29, 1.82) is 0 Å². The summed E-state index contributed by atoms with van der Waals surface area (Å²) in [5.41, 5.74) is 2.61. The maximum atomic E-state index is 13.8. The molecule has 0 saturated heterocycles. The fourth-order valence-corrected chi connectivity index (χ4v) is 3.02. The Kier molecular flexibility index (Phi) is 3.71. The van der Waals surface area contributed by atoms with E-state index >= 15 is 0 Å². The molecule has 1 heterocycles. The third kappa shape index (κ3) is 2.20. The number of amides is 1. The van der Waals surface area contributed by atoms with Crippen LogP contribution in [0.1, 0.15) is 42.6 Å². The number of anilines is 1. The zero-order valence-corrected chi connectivity index (χ0v) is 12.6. The first-order chi connectivity index (χ1) is 10.5. The van der Waals surface area contributed by atoms with E-state index in [1.807, 2.05) is 26.0 Å². The van der Waals surface area contributed by atoms with Crippen molar-refractivity contribution in [1.82, 2.24) is 0 Å². The minimum absolute atomic E-state index is 0.0648. The highest BCUT2D eigenvalue weighted by atomic mass is 19.1. The summed E-state index contributed by atoms with van der Waals surface area (Å²) in [7, 11) is 0. The van der Waals surface area contributed by atoms with Crippen LogP contribution in [0.15, 0.2) is 42.5 Å². The molecule has 3 nitrogen and oxygen atoms in total. The number of aliphatic hydroxyl groups excluding tert-OH is 1. The Bertz CT molecular complexity index is 729. The summed E-state index contributed by atoms with van der Waals surface area (Å²) >= 11 is 0. The van der Waals surface area contributed by atoms with Crippen LogP contribution in [0, 0.1) is 5.82 Å². The molecular weight excluding hydrogens is 281 g/mol. The SMILES string of the molecule is CCN1C(=O)C(C)c2cc(C(O)c3ccccc3F)ccc21. The molecule has 0 bridgehead atoms. The van der Waals surface area contributed by atoms with E-state index in [0.717, 1.165) is 11.3 Å². The average molecular weight is 299 g/mol. The van der Waals surface area contributed by atoms with Crippen molar-refractivity contribution < 1.29 is 14.3 Å². The van der Waals surface area contributed by atoms with E-state index in [9.17, 15) is 14.3 Å². The van der Waals surface area contributed by atoms with E-state index in [1.165, 1.54) is 6.07 Å². The molecular formula is C18H18FNO2. The summed E-state index contributed by atoms with van der Waals surface area (Å²) in [5.74, 6) is -0.604. The molecule has 1 N–H and O–H groups in total. The first-order valence-electron chi connectivity index (χ1n) is 7.42. The van der Waals surface area contributed by atoms with Crippen molar-refractivity contribution in [3.05, 3.63) is 65.0 Å². The van der Waals surface area contributed by atoms with E-state index in [4.69, 9.17) is 0 Å². The van der Waals surface area contributed by atoms with Gasteiger partial charge in [0.25, 0.3) is 0 Å². The number of hydrogen-bond donors (Lipinski definition) is 1. The van der Waals surface area contributed by atoms with Gasteiger partial charge in [-0.2, -0.15) is 0 Å². The van der Waals surface area contributed by atoms with Gasteiger partial charge < -0.3 is 10.0 Å². The molecule has 1 aliphatic rings. The molecule has 2 aromatic rings. The lowest BCUT2D eigenvalue weighted by atomic mass is 9.95. The molecule has 0 fully saturated rings. The number of hydrogen-bond acceptors (Lipinski definition) is 2. The van der Waals surface area contributed by atoms with E-state index in [0.29, 0.717) is 12.1 Å². The van der Waals surface area contributed by atoms with Crippen LogP contribution in [0.25, 0.3) is 0 Å². The predicted molar refractivity (Wildman–Crippen MR) is 83.3 cm³/mol. The molecule has 0 spiro atoms. The summed E-state index contributed by atoms with van der Waals surface area (Å²) in [6, 6.07) is 11.6. The van der Waals surface area contributed by atoms with Crippen molar-refractivity contribution in [2.75, 3.05) is 11.4 Å². The van der Waals surface area contributed by atoms with Gasteiger partial charge in [-0.05, 0) is 43.2 Å². The zero-order valence-electron chi connectivity index (χ0n) is 12.6. The standard InChI is InChI=1S/C18H18FNO2/c1-3-20-16-9-8-12(10-14(16)11(2)18(20)22)17(21)13-6-4-5-7-15(13)19/h4-11,17,21H,3H2,1-2H3. The van der Waals surface area contributed by atoms with Crippen LogP contribution in [0.3, 0.4) is 0 Å². The largest absolute Gasteiger partial charge is 0.384 e. The van der Waals surface area contributed by atoms with Crippen molar-refractivity contribution in [2.45, 2.75) is 25.9 Å². The van der Waals surface area contributed by atoms with Gasteiger partial charge in [-0.1, -0.05) is 24.3 Å². The Balaban J connectivity index is 2.02. The molecule has 1 amide bonds. The van der Waals surface area contributed by atoms with Crippen molar-refractivity contribution in [3.63, 3.8) is 0 Å². The van der Waals surface area contributed by atoms with Crippen LogP contribution < -0.4 is 4.90 Å². The number of rotatable bonds is 3. The lowest BCUT2D eigenvalue weighted by Crippen LogP contribution is -2.27. The van der Waals surface area contributed by atoms with Crippen LogP contribution in [0.2, 0.25) is 0 Å². The van der Waals surface area contributed by atoms with Gasteiger partial charge >= 0.3 is 0 Å². The highest BCUT2D eigenvalue weighted by Crippen LogP contribution is 2.39. The quantitative estimate of drug-likeness (QED) is 0.944. The monoisotopic (exact) mass is 299 g/mol. The van der Waals surface area contributed by atoms with Crippen LogP contribution in [-0.4, -0.2) is 17.6 Å². The third-order valence-electron chi connectivity index (χ3n) is 4.28. The Hall–Kier alpha value is -2.20. The molecule has 2 aromatic carbocycles. The molecule has 0 aromatic heterocycles. The molecule has 0 radical (unpaired) electrons. The second kappa shape index (κ2) is 5.54. The maximum Gasteiger partial charge on any atom is 0.234 e. The Morgan fingerprint density at radius 3 is 2.68 bits per heavy atom. The average Bonchev–Trinajstić information content (AvgIpc) is 2.78. The number of benzene rings is 2. The number of likely N-dealkylation sites (N-methyl/N-ethyl adjacent to an activating group) is 1. The van der Waals surface area contributed by atoms with Crippen molar-refractivity contribution >= 4 is 11.6 Å². The molecule has 2 atom stereocenters. The fraction of sp³-hybridized carbons (Fsp3) is 0.278. The molecule has 4 heteroatoms. The smallest absolute Gasteiger partial charge is 0.234 e. The van der Waals surface area contributed by atoms with Gasteiger partial charge in [0.05, 0.1) is 5.92 Å². The summed E-state index contributed by atoms with van der Waals surface area (Å²) < 4.78 is 13.8. The number of fused-ring (bicyclic) bond motifs is 1.